The van der Waals surface area contributed by atoms with Crippen LogP contribution in [0.1, 0.15) is 82.6 Å². The van der Waals surface area contributed by atoms with Crippen molar-refractivity contribution >= 4 is 29.7 Å². The molecule has 4 aliphatic rings. The van der Waals surface area contributed by atoms with Gasteiger partial charge in [0.25, 0.3) is 0 Å². The predicted octanol–water partition coefficient (Wildman–Crippen LogP) is 4.59. The molecule has 0 bridgehead atoms. The fourth-order valence-corrected chi connectivity index (χ4v) is 7.68. The van der Waals surface area contributed by atoms with E-state index >= 15 is 0 Å². The van der Waals surface area contributed by atoms with Crippen LogP contribution in [0.25, 0.3) is 0 Å². The van der Waals surface area contributed by atoms with Crippen molar-refractivity contribution < 1.29 is 47.7 Å². The summed E-state index contributed by atoms with van der Waals surface area (Å²) in [4.78, 5) is 65.8. The Morgan fingerprint density at radius 3 is 1.84 bits per heavy atom. The van der Waals surface area contributed by atoms with Crippen molar-refractivity contribution in [3.8, 4) is 0 Å². The molecule has 0 spiro atoms. The van der Waals surface area contributed by atoms with Gasteiger partial charge in [0.15, 0.2) is 23.1 Å². The van der Waals surface area contributed by atoms with E-state index in [1.54, 1.807) is 59.8 Å². The lowest BCUT2D eigenvalue weighted by atomic mass is 9.80. The number of esters is 4. The van der Waals surface area contributed by atoms with Crippen LogP contribution >= 0.6 is 0 Å². The third-order valence-electron chi connectivity index (χ3n) is 10.3. The maximum Gasteiger partial charge on any atom is 0.333 e. The number of allylic oxidation sites excluding steroid dienone is 2. The van der Waals surface area contributed by atoms with Crippen molar-refractivity contribution in [2.75, 3.05) is 0 Å². The molecule has 3 fully saturated rings. The normalized spacial score (nSPS) is 39.3. The molecule has 0 radical (unpaired) electrons. The van der Waals surface area contributed by atoms with E-state index in [9.17, 15) is 24.0 Å². The maximum atomic E-state index is 14.6. The van der Waals surface area contributed by atoms with Crippen molar-refractivity contribution in [1.82, 2.24) is 0 Å². The molecule has 2 saturated carbocycles. The van der Waals surface area contributed by atoms with E-state index < -0.39 is 82.7 Å². The SMILES string of the molecule is CC=C(C)C(=O)OC1C(C)C(=O)C23CC(C)C(OC(C)=O)C2(C=C(C)C(OC(C)=O)C(OC(=O)C(C)=CC)C2C1C2(C)C)O3. The van der Waals surface area contributed by atoms with Gasteiger partial charge in [-0.1, -0.05) is 39.8 Å². The Balaban J connectivity index is 1.96. The lowest BCUT2D eigenvalue weighted by molar-refractivity contribution is -0.164. The molecule has 0 aromatic carbocycles. The van der Waals surface area contributed by atoms with E-state index in [1.807, 2.05) is 20.8 Å². The zero-order valence-electron chi connectivity index (χ0n) is 27.6. The van der Waals surface area contributed by atoms with Crippen LogP contribution in [0.2, 0.25) is 0 Å². The number of ketones is 1. The van der Waals surface area contributed by atoms with Crippen molar-refractivity contribution in [2.24, 2.45) is 29.1 Å². The highest BCUT2D eigenvalue weighted by molar-refractivity contribution is 5.96. The average Bonchev–Trinajstić information content (AvgIpc) is 3.74. The van der Waals surface area contributed by atoms with Gasteiger partial charge in [-0.05, 0) is 64.0 Å². The Kier molecular flexibility index (Phi) is 8.85. The molecule has 0 aromatic rings. The molecule has 242 valence electrons. The molecule has 1 heterocycles. The molecule has 1 saturated heterocycles. The van der Waals surface area contributed by atoms with Gasteiger partial charge in [-0.25, -0.2) is 9.59 Å². The second kappa shape index (κ2) is 11.6. The average molecular weight is 615 g/mol. The first kappa shape index (κ1) is 33.6. The van der Waals surface area contributed by atoms with Crippen molar-refractivity contribution in [3.05, 3.63) is 34.9 Å². The standard InChI is InChI=1S/C34H46O10/c1-12-16(3)30(38)42-26-20(7)28(37)33-15-19(6)29(41-22(9)36)34(33,44-33)14-18(5)25(40-21(8)35)27(24-23(26)32(24,10)11)43-31(39)17(4)13-2/h12-14,19-20,23-27,29H,15H2,1-11H3. The minimum absolute atomic E-state index is 0.245. The largest absolute Gasteiger partial charge is 0.459 e. The van der Waals surface area contributed by atoms with E-state index in [2.05, 4.69) is 0 Å². The first-order chi connectivity index (χ1) is 20.4. The molecule has 44 heavy (non-hydrogen) atoms. The molecule has 0 amide bonds. The summed E-state index contributed by atoms with van der Waals surface area (Å²) >= 11 is 0. The molecule has 0 aromatic heterocycles. The Labute approximate surface area is 259 Å². The molecule has 1 aliphatic heterocycles. The number of hydrogen-bond donors (Lipinski definition) is 0. The molecular formula is C34H46O10. The van der Waals surface area contributed by atoms with E-state index in [0.29, 0.717) is 16.7 Å². The van der Waals surface area contributed by atoms with Crippen LogP contribution in [0, 0.1) is 29.1 Å². The van der Waals surface area contributed by atoms with E-state index in [1.165, 1.54) is 13.8 Å². The fourth-order valence-electron chi connectivity index (χ4n) is 7.68. The summed E-state index contributed by atoms with van der Waals surface area (Å²) < 4.78 is 30.3. The van der Waals surface area contributed by atoms with Gasteiger partial charge in [0.1, 0.15) is 18.3 Å². The van der Waals surface area contributed by atoms with Crippen LogP contribution in [0.4, 0.5) is 0 Å². The number of Topliss-reactive ketones (excluding diaryl/α,β-unsaturated/α-hetero) is 1. The van der Waals surface area contributed by atoms with Crippen molar-refractivity contribution in [1.29, 1.82) is 0 Å². The van der Waals surface area contributed by atoms with Gasteiger partial charge in [-0.3, -0.25) is 14.4 Å². The number of carbonyl (C=O) groups excluding carboxylic acids is 5. The topological polar surface area (TPSA) is 135 Å². The van der Waals surface area contributed by atoms with Gasteiger partial charge < -0.3 is 23.7 Å². The van der Waals surface area contributed by atoms with Crippen LogP contribution in [-0.4, -0.2) is 65.3 Å². The first-order valence-corrected chi connectivity index (χ1v) is 15.4. The van der Waals surface area contributed by atoms with Crippen LogP contribution in [-0.2, 0) is 47.7 Å². The lowest BCUT2D eigenvalue weighted by Gasteiger charge is -2.30. The number of epoxide rings is 1. The first-order valence-electron chi connectivity index (χ1n) is 15.4. The summed E-state index contributed by atoms with van der Waals surface area (Å²) in [5.41, 5.74) is -2.02. The zero-order valence-corrected chi connectivity index (χ0v) is 27.6. The van der Waals surface area contributed by atoms with Gasteiger partial charge in [0.2, 0.25) is 0 Å². The van der Waals surface area contributed by atoms with Crippen molar-refractivity contribution in [3.63, 3.8) is 0 Å². The monoisotopic (exact) mass is 614 g/mol. The highest BCUT2D eigenvalue weighted by Gasteiger charge is 2.84. The van der Waals surface area contributed by atoms with Gasteiger partial charge >= 0.3 is 23.9 Å². The Morgan fingerprint density at radius 2 is 1.34 bits per heavy atom. The van der Waals surface area contributed by atoms with Gasteiger partial charge in [0, 0.05) is 36.8 Å². The van der Waals surface area contributed by atoms with Crippen LogP contribution in [0.5, 0.6) is 0 Å². The fraction of sp³-hybridized carbons (Fsp3) is 0.676. The highest BCUT2D eigenvalue weighted by atomic mass is 16.7. The Bertz CT molecular complexity index is 1350. The molecule has 10 nitrogen and oxygen atoms in total. The van der Waals surface area contributed by atoms with E-state index in [4.69, 9.17) is 23.7 Å². The van der Waals surface area contributed by atoms with Gasteiger partial charge in [0.05, 0.1) is 5.92 Å². The van der Waals surface area contributed by atoms with Gasteiger partial charge in [-0.15, -0.1) is 0 Å². The molecule has 10 atom stereocenters. The Morgan fingerprint density at radius 1 is 0.841 bits per heavy atom. The number of hydrogen-bond acceptors (Lipinski definition) is 10. The number of carbonyl (C=O) groups is 5. The number of fused-ring (bicyclic) bond motifs is 1. The molecule has 10 unspecified atom stereocenters. The second-order valence-electron chi connectivity index (χ2n) is 13.6. The van der Waals surface area contributed by atoms with Gasteiger partial charge in [-0.2, -0.15) is 0 Å². The van der Waals surface area contributed by atoms with Crippen LogP contribution in [0.3, 0.4) is 0 Å². The summed E-state index contributed by atoms with van der Waals surface area (Å²) in [6, 6.07) is 0. The summed E-state index contributed by atoms with van der Waals surface area (Å²) in [5, 5.41) is 0. The van der Waals surface area contributed by atoms with Crippen molar-refractivity contribution in [2.45, 2.75) is 118 Å². The summed E-state index contributed by atoms with van der Waals surface area (Å²) in [5.74, 6) is -4.47. The van der Waals surface area contributed by atoms with E-state index in [-0.39, 0.29) is 18.1 Å². The van der Waals surface area contributed by atoms with Crippen LogP contribution < -0.4 is 0 Å². The maximum absolute atomic E-state index is 14.6. The summed E-state index contributed by atoms with van der Waals surface area (Å²) in [6.07, 6.45) is 1.51. The molecular weight excluding hydrogens is 568 g/mol. The second-order valence-corrected chi connectivity index (χ2v) is 13.6. The predicted molar refractivity (Wildman–Crippen MR) is 159 cm³/mol. The number of rotatable bonds is 6. The minimum atomic E-state index is -1.35. The summed E-state index contributed by atoms with van der Waals surface area (Å²) in [7, 11) is 0. The third kappa shape index (κ3) is 5.33. The lowest BCUT2D eigenvalue weighted by Crippen LogP contribution is -2.43. The number of ether oxygens (including phenoxy) is 5. The molecule has 4 rings (SSSR count). The smallest absolute Gasteiger partial charge is 0.333 e. The Hall–Kier alpha value is -3.27. The van der Waals surface area contributed by atoms with E-state index in [0.717, 1.165) is 0 Å². The third-order valence-corrected chi connectivity index (χ3v) is 10.3. The molecule has 3 aliphatic carbocycles. The minimum Gasteiger partial charge on any atom is -0.459 e. The zero-order chi connectivity index (χ0) is 33.1. The summed E-state index contributed by atoms with van der Waals surface area (Å²) in [6.45, 7) is 18.6. The molecule has 0 N–H and O–H groups in total. The quantitative estimate of drug-likeness (QED) is 0.137. The molecule has 10 heteroatoms. The van der Waals surface area contributed by atoms with Crippen LogP contribution in [0.15, 0.2) is 34.9 Å². The highest BCUT2D eigenvalue weighted by Crippen LogP contribution is 2.69.